The standard InChI is InChI=1S/C8H5ClF2O2/c1-4(12)13-6-3-2-5(10)7(9)8(6)11/h2-3H,1H3. The van der Waals surface area contributed by atoms with Gasteiger partial charge in [0.1, 0.15) is 10.8 Å². The Morgan fingerprint density at radius 1 is 1.46 bits per heavy atom. The zero-order chi connectivity index (χ0) is 10.0. The van der Waals surface area contributed by atoms with Crippen molar-refractivity contribution in [3.05, 3.63) is 28.8 Å². The van der Waals surface area contributed by atoms with Gasteiger partial charge in [0.05, 0.1) is 0 Å². The Morgan fingerprint density at radius 3 is 2.62 bits per heavy atom. The highest BCUT2D eigenvalue weighted by Crippen LogP contribution is 2.26. The molecule has 0 radical (unpaired) electrons. The van der Waals surface area contributed by atoms with Gasteiger partial charge in [-0.05, 0) is 12.1 Å². The molecule has 1 aromatic rings. The van der Waals surface area contributed by atoms with Crippen LogP contribution in [0.3, 0.4) is 0 Å². The quantitative estimate of drug-likeness (QED) is 0.401. The van der Waals surface area contributed by atoms with Crippen LogP contribution in [0, 0.1) is 11.6 Å². The van der Waals surface area contributed by atoms with Gasteiger partial charge in [0.15, 0.2) is 11.6 Å². The van der Waals surface area contributed by atoms with Crippen LogP contribution in [-0.2, 0) is 4.79 Å². The molecule has 1 rings (SSSR count). The van der Waals surface area contributed by atoms with Crippen LogP contribution in [0.1, 0.15) is 6.92 Å². The minimum atomic E-state index is -1.07. The largest absolute Gasteiger partial charge is 0.424 e. The summed E-state index contributed by atoms with van der Waals surface area (Å²) in [6.45, 7) is 1.11. The summed E-state index contributed by atoms with van der Waals surface area (Å²) in [4.78, 5) is 10.4. The average Bonchev–Trinajstić information content (AvgIpc) is 2.06. The molecule has 0 saturated heterocycles. The highest BCUT2D eigenvalue weighted by Gasteiger charge is 2.13. The Hall–Kier alpha value is -1.16. The maximum absolute atomic E-state index is 13.0. The lowest BCUT2D eigenvalue weighted by atomic mass is 10.3. The monoisotopic (exact) mass is 206 g/mol. The number of rotatable bonds is 1. The van der Waals surface area contributed by atoms with E-state index in [2.05, 4.69) is 4.74 Å². The highest BCUT2D eigenvalue weighted by atomic mass is 35.5. The van der Waals surface area contributed by atoms with Gasteiger partial charge < -0.3 is 4.74 Å². The number of benzene rings is 1. The van der Waals surface area contributed by atoms with Crippen LogP contribution >= 0.6 is 11.6 Å². The molecule has 0 N–H and O–H groups in total. The van der Waals surface area contributed by atoms with Gasteiger partial charge in [0, 0.05) is 6.92 Å². The van der Waals surface area contributed by atoms with Crippen LogP contribution in [0.4, 0.5) is 8.78 Å². The van der Waals surface area contributed by atoms with Gasteiger partial charge in [-0.1, -0.05) is 11.6 Å². The van der Waals surface area contributed by atoms with Crippen LogP contribution in [0.15, 0.2) is 12.1 Å². The van der Waals surface area contributed by atoms with Crippen molar-refractivity contribution in [1.82, 2.24) is 0 Å². The van der Waals surface area contributed by atoms with E-state index in [4.69, 9.17) is 11.6 Å². The SMILES string of the molecule is CC(=O)Oc1ccc(F)c(Cl)c1F. The van der Waals surface area contributed by atoms with Crippen molar-refractivity contribution >= 4 is 17.6 Å². The molecule has 70 valence electrons. The van der Waals surface area contributed by atoms with Gasteiger partial charge in [-0.3, -0.25) is 4.79 Å². The van der Waals surface area contributed by atoms with Gasteiger partial charge in [-0.15, -0.1) is 0 Å². The second-order valence-corrected chi connectivity index (χ2v) is 2.65. The van der Waals surface area contributed by atoms with Crippen LogP contribution < -0.4 is 4.74 Å². The van der Waals surface area contributed by atoms with E-state index in [0.29, 0.717) is 0 Å². The molecule has 0 unspecified atom stereocenters. The van der Waals surface area contributed by atoms with E-state index in [1.807, 2.05) is 0 Å². The van der Waals surface area contributed by atoms with Gasteiger partial charge in [0.25, 0.3) is 0 Å². The first-order valence-electron chi connectivity index (χ1n) is 3.34. The van der Waals surface area contributed by atoms with Crippen molar-refractivity contribution in [1.29, 1.82) is 0 Å². The van der Waals surface area contributed by atoms with E-state index in [1.165, 1.54) is 0 Å². The van der Waals surface area contributed by atoms with E-state index in [-0.39, 0.29) is 5.75 Å². The molecule has 0 saturated carbocycles. The third kappa shape index (κ3) is 2.15. The van der Waals surface area contributed by atoms with Crippen molar-refractivity contribution in [2.75, 3.05) is 0 Å². The third-order valence-electron chi connectivity index (χ3n) is 1.25. The van der Waals surface area contributed by atoms with Gasteiger partial charge in [0.2, 0.25) is 0 Å². The maximum Gasteiger partial charge on any atom is 0.308 e. The minimum absolute atomic E-state index is 0.376. The molecular weight excluding hydrogens is 202 g/mol. The van der Waals surface area contributed by atoms with Crippen LogP contribution in [0.25, 0.3) is 0 Å². The summed E-state index contributed by atoms with van der Waals surface area (Å²) >= 11 is 5.22. The number of ether oxygens (including phenoxy) is 1. The zero-order valence-electron chi connectivity index (χ0n) is 6.61. The summed E-state index contributed by atoms with van der Waals surface area (Å²) in [7, 11) is 0. The lowest BCUT2D eigenvalue weighted by molar-refractivity contribution is -0.132. The fourth-order valence-corrected chi connectivity index (χ4v) is 0.898. The third-order valence-corrected chi connectivity index (χ3v) is 1.60. The predicted octanol–water partition coefficient (Wildman–Crippen LogP) is 2.54. The van der Waals surface area contributed by atoms with Gasteiger partial charge in [-0.2, -0.15) is 0 Å². The van der Waals surface area contributed by atoms with Crippen LogP contribution in [-0.4, -0.2) is 5.97 Å². The molecular formula is C8H5ClF2O2. The van der Waals surface area contributed by atoms with Crippen molar-refractivity contribution in [3.8, 4) is 5.75 Å². The number of carbonyl (C=O) groups is 1. The fourth-order valence-electron chi connectivity index (χ4n) is 0.742. The highest BCUT2D eigenvalue weighted by molar-refractivity contribution is 6.31. The van der Waals surface area contributed by atoms with Crippen LogP contribution in [0.5, 0.6) is 5.75 Å². The van der Waals surface area contributed by atoms with Crippen molar-refractivity contribution in [2.45, 2.75) is 6.92 Å². The number of carbonyl (C=O) groups excluding carboxylic acids is 1. The molecule has 0 bridgehead atoms. The second-order valence-electron chi connectivity index (χ2n) is 2.27. The van der Waals surface area contributed by atoms with E-state index >= 15 is 0 Å². The summed E-state index contributed by atoms with van der Waals surface area (Å²) in [6, 6.07) is 1.92. The lowest BCUT2D eigenvalue weighted by Gasteiger charge is -2.03. The molecule has 2 nitrogen and oxygen atoms in total. The number of hydrogen-bond acceptors (Lipinski definition) is 2. The van der Waals surface area contributed by atoms with E-state index < -0.39 is 22.6 Å². The Kier molecular flexibility index (Phi) is 2.83. The summed E-state index contributed by atoms with van der Waals surface area (Å²) in [5, 5.41) is -0.682. The van der Waals surface area contributed by atoms with Crippen LogP contribution in [0.2, 0.25) is 5.02 Å². The Bertz CT molecular complexity index is 352. The van der Waals surface area contributed by atoms with E-state index in [1.54, 1.807) is 0 Å². The molecule has 0 aliphatic rings. The number of hydrogen-bond donors (Lipinski definition) is 0. The number of esters is 1. The zero-order valence-corrected chi connectivity index (χ0v) is 7.36. The molecule has 1 aromatic carbocycles. The molecule has 0 aliphatic heterocycles. The Morgan fingerprint density at radius 2 is 2.08 bits per heavy atom. The molecule has 0 amide bonds. The first kappa shape index (κ1) is 9.92. The molecule has 0 heterocycles. The fraction of sp³-hybridized carbons (Fsp3) is 0.125. The first-order valence-corrected chi connectivity index (χ1v) is 3.72. The maximum atomic E-state index is 13.0. The molecule has 0 spiro atoms. The van der Waals surface area contributed by atoms with E-state index in [0.717, 1.165) is 19.1 Å². The summed E-state index contributed by atoms with van der Waals surface area (Å²) in [5.74, 6) is -3.03. The molecule has 0 aromatic heterocycles. The molecule has 5 heteroatoms. The van der Waals surface area contributed by atoms with E-state index in [9.17, 15) is 13.6 Å². The molecule has 0 aliphatic carbocycles. The second kappa shape index (κ2) is 3.70. The molecule has 0 fully saturated rings. The van der Waals surface area contributed by atoms with Gasteiger partial charge >= 0.3 is 5.97 Å². The molecule has 0 atom stereocenters. The summed E-state index contributed by atoms with van der Waals surface area (Å²) in [6.07, 6.45) is 0. The summed E-state index contributed by atoms with van der Waals surface area (Å²) in [5.41, 5.74) is 0. The smallest absolute Gasteiger partial charge is 0.308 e. The first-order chi connectivity index (χ1) is 6.02. The normalized spacial score (nSPS) is 9.85. The average molecular weight is 207 g/mol. The minimum Gasteiger partial charge on any atom is -0.424 e. The summed E-state index contributed by atoms with van der Waals surface area (Å²) < 4.78 is 30.0. The Balaban J connectivity index is 3.10. The van der Waals surface area contributed by atoms with Gasteiger partial charge in [-0.25, -0.2) is 8.78 Å². The lowest BCUT2D eigenvalue weighted by Crippen LogP contribution is -2.03. The van der Waals surface area contributed by atoms with Crippen molar-refractivity contribution < 1.29 is 18.3 Å². The Labute approximate surface area is 78.1 Å². The number of halogens is 3. The molecule has 13 heavy (non-hydrogen) atoms. The van der Waals surface area contributed by atoms with Crippen molar-refractivity contribution in [2.24, 2.45) is 0 Å². The van der Waals surface area contributed by atoms with Crippen molar-refractivity contribution in [3.63, 3.8) is 0 Å². The topological polar surface area (TPSA) is 26.3 Å². The predicted molar refractivity (Wildman–Crippen MR) is 42.7 cm³/mol.